The second-order valence-corrected chi connectivity index (χ2v) is 3.61. The molecule has 0 aliphatic rings. The molecule has 0 unspecified atom stereocenters. The summed E-state index contributed by atoms with van der Waals surface area (Å²) in [4.78, 5) is 14.4. The number of aryl methyl sites for hydroxylation is 2. The smallest absolute Gasteiger partial charge is 0.375 e. The summed E-state index contributed by atoms with van der Waals surface area (Å²) in [6.07, 6.45) is 1.41. The second kappa shape index (κ2) is 3.77. The number of carbonyl (C=O) groups is 1. The molecule has 1 aromatic heterocycles. The molecule has 82 valence electrons. The summed E-state index contributed by atoms with van der Waals surface area (Å²) < 4.78 is 1.48. The van der Waals surface area contributed by atoms with Crippen molar-refractivity contribution in [3.8, 4) is 5.69 Å². The molecule has 16 heavy (non-hydrogen) atoms. The van der Waals surface area contributed by atoms with Crippen LogP contribution in [0.4, 0.5) is 0 Å². The number of nitrogens with zero attached hydrogens (tertiary/aromatic N) is 3. The third-order valence-electron chi connectivity index (χ3n) is 2.29. The average Bonchev–Trinajstić information content (AvgIpc) is 2.70. The summed E-state index contributed by atoms with van der Waals surface area (Å²) in [6, 6.07) is 5.90. The molecule has 0 bridgehead atoms. The predicted octanol–water partition coefficient (Wildman–Crippen LogP) is 1.58. The summed E-state index contributed by atoms with van der Waals surface area (Å²) in [6.45, 7) is 3.91. The maximum absolute atomic E-state index is 10.7. The normalized spacial score (nSPS) is 10.4. The summed E-state index contributed by atoms with van der Waals surface area (Å²) >= 11 is 0. The quantitative estimate of drug-likeness (QED) is 0.829. The van der Waals surface area contributed by atoms with Crippen molar-refractivity contribution in [1.29, 1.82) is 0 Å². The van der Waals surface area contributed by atoms with Gasteiger partial charge in [0.15, 0.2) is 0 Å². The molecule has 1 N–H and O–H groups in total. The van der Waals surface area contributed by atoms with Gasteiger partial charge in [0.05, 0.1) is 5.69 Å². The first kappa shape index (κ1) is 10.4. The minimum absolute atomic E-state index is 0.194. The number of aromatic carboxylic acids is 1. The fourth-order valence-electron chi connectivity index (χ4n) is 1.44. The first-order valence-corrected chi connectivity index (χ1v) is 4.80. The van der Waals surface area contributed by atoms with Gasteiger partial charge in [-0.25, -0.2) is 14.5 Å². The molecule has 0 saturated heterocycles. The Labute approximate surface area is 92.4 Å². The van der Waals surface area contributed by atoms with E-state index in [1.807, 2.05) is 32.0 Å². The molecule has 0 aliphatic carbocycles. The molecule has 0 aliphatic heterocycles. The van der Waals surface area contributed by atoms with E-state index in [4.69, 9.17) is 5.11 Å². The first-order chi connectivity index (χ1) is 7.58. The Hall–Kier alpha value is -2.17. The zero-order valence-corrected chi connectivity index (χ0v) is 9.01. The molecule has 0 fully saturated rings. The molecule has 1 heterocycles. The standard InChI is InChI=1S/C11H11N3O2/c1-7-3-4-8(2)9(5-7)14-6-12-10(13-14)11(15)16/h3-6H,1-2H3,(H,15,16). The van der Waals surface area contributed by atoms with Crippen LogP contribution >= 0.6 is 0 Å². The molecule has 0 saturated carbocycles. The van der Waals surface area contributed by atoms with Gasteiger partial charge in [0.1, 0.15) is 6.33 Å². The number of hydrogen-bond donors (Lipinski definition) is 1. The van der Waals surface area contributed by atoms with E-state index in [0.717, 1.165) is 16.8 Å². The zero-order chi connectivity index (χ0) is 11.7. The van der Waals surface area contributed by atoms with E-state index in [0.29, 0.717) is 0 Å². The molecular weight excluding hydrogens is 206 g/mol. The average molecular weight is 217 g/mol. The highest BCUT2D eigenvalue weighted by Crippen LogP contribution is 2.14. The fraction of sp³-hybridized carbons (Fsp3) is 0.182. The number of aromatic nitrogens is 3. The van der Waals surface area contributed by atoms with Gasteiger partial charge in [-0.3, -0.25) is 0 Å². The molecule has 2 rings (SSSR count). The third-order valence-corrected chi connectivity index (χ3v) is 2.29. The largest absolute Gasteiger partial charge is 0.475 e. The van der Waals surface area contributed by atoms with Gasteiger partial charge in [-0.2, -0.15) is 0 Å². The van der Waals surface area contributed by atoms with Crippen LogP contribution in [0.3, 0.4) is 0 Å². The summed E-state index contributed by atoms with van der Waals surface area (Å²) in [5, 5.41) is 12.6. The highest BCUT2D eigenvalue weighted by molar-refractivity contribution is 5.82. The van der Waals surface area contributed by atoms with Gasteiger partial charge in [0.2, 0.25) is 0 Å². The minimum atomic E-state index is -1.12. The van der Waals surface area contributed by atoms with Gasteiger partial charge in [-0.1, -0.05) is 12.1 Å². The summed E-state index contributed by atoms with van der Waals surface area (Å²) in [5.41, 5.74) is 2.96. The van der Waals surface area contributed by atoms with Gasteiger partial charge in [0.25, 0.3) is 5.82 Å². The van der Waals surface area contributed by atoms with Gasteiger partial charge in [-0.15, -0.1) is 5.10 Å². The molecule has 0 atom stereocenters. The Morgan fingerprint density at radius 3 is 2.75 bits per heavy atom. The Morgan fingerprint density at radius 1 is 1.38 bits per heavy atom. The van der Waals surface area contributed by atoms with Crippen LogP contribution in [-0.2, 0) is 0 Å². The van der Waals surface area contributed by atoms with Crippen LogP contribution in [0.5, 0.6) is 0 Å². The molecular formula is C11H11N3O2. The van der Waals surface area contributed by atoms with Gasteiger partial charge in [0, 0.05) is 0 Å². The van der Waals surface area contributed by atoms with Crippen LogP contribution in [0.1, 0.15) is 21.7 Å². The van der Waals surface area contributed by atoms with Crippen molar-refractivity contribution < 1.29 is 9.90 Å². The molecule has 5 heteroatoms. The number of benzene rings is 1. The Balaban J connectivity index is 2.50. The highest BCUT2D eigenvalue weighted by Gasteiger charge is 2.10. The van der Waals surface area contributed by atoms with Gasteiger partial charge < -0.3 is 5.11 Å². The summed E-state index contributed by atoms with van der Waals surface area (Å²) in [5.74, 6) is -1.31. The molecule has 0 amide bonds. The predicted molar refractivity (Wildman–Crippen MR) is 57.8 cm³/mol. The Kier molecular flexibility index (Phi) is 2.44. The maximum Gasteiger partial charge on any atom is 0.375 e. The second-order valence-electron chi connectivity index (χ2n) is 3.61. The van der Waals surface area contributed by atoms with Crippen molar-refractivity contribution in [3.63, 3.8) is 0 Å². The van der Waals surface area contributed by atoms with E-state index in [1.165, 1.54) is 11.0 Å². The van der Waals surface area contributed by atoms with Crippen molar-refractivity contribution in [2.24, 2.45) is 0 Å². The molecule has 1 aromatic carbocycles. The van der Waals surface area contributed by atoms with E-state index < -0.39 is 5.97 Å². The third kappa shape index (κ3) is 1.79. The molecule has 0 spiro atoms. The van der Waals surface area contributed by atoms with Crippen LogP contribution in [0, 0.1) is 13.8 Å². The van der Waals surface area contributed by atoms with Crippen molar-refractivity contribution in [1.82, 2.24) is 14.8 Å². The van der Waals surface area contributed by atoms with E-state index in [2.05, 4.69) is 10.1 Å². The van der Waals surface area contributed by atoms with Gasteiger partial charge in [-0.05, 0) is 31.0 Å². The van der Waals surface area contributed by atoms with E-state index >= 15 is 0 Å². The van der Waals surface area contributed by atoms with E-state index in [1.54, 1.807) is 0 Å². The van der Waals surface area contributed by atoms with Crippen LogP contribution in [0.2, 0.25) is 0 Å². The van der Waals surface area contributed by atoms with Crippen LogP contribution in [0.25, 0.3) is 5.69 Å². The van der Waals surface area contributed by atoms with Crippen molar-refractivity contribution >= 4 is 5.97 Å². The van der Waals surface area contributed by atoms with Crippen molar-refractivity contribution in [3.05, 3.63) is 41.5 Å². The topological polar surface area (TPSA) is 68.0 Å². The van der Waals surface area contributed by atoms with Crippen LogP contribution in [-0.4, -0.2) is 25.8 Å². The van der Waals surface area contributed by atoms with E-state index in [9.17, 15) is 4.79 Å². The fourth-order valence-corrected chi connectivity index (χ4v) is 1.44. The summed E-state index contributed by atoms with van der Waals surface area (Å²) in [7, 11) is 0. The molecule has 5 nitrogen and oxygen atoms in total. The Bertz CT molecular complexity index is 546. The van der Waals surface area contributed by atoms with Crippen molar-refractivity contribution in [2.75, 3.05) is 0 Å². The number of hydrogen-bond acceptors (Lipinski definition) is 3. The van der Waals surface area contributed by atoms with Crippen molar-refractivity contribution in [2.45, 2.75) is 13.8 Å². The monoisotopic (exact) mass is 217 g/mol. The SMILES string of the molecule is Cc1ccc(C)c(-n2cnc(C(=O)O)n2)c1. The number of carboxylic acids is 1. The van der Waals surface area contributed by atoms with Gasteiger partial charge >= 0.3 is 5.97 Å². The molecule has 0 radical (unpaired) electrons. The molecule has 2 aromatic rings. The lowest BCUT2D eigenvalue weighted by molar-refractivity contribution is 0.0683. The number of carboxylic acid groups (broad SMARTS) is 1. The first-order valence-electron chi connectivity index (χ1n) is 4.80. The minimum Gasteiger partial charge on any atom is -0.475 e. The zero-order valence-electron chi connectivity index (χ0n) is 9.01. The number of rotatable bonds is 2. The maximum atomic E-state index is 10.7. The Morgan fingerprint density at radius 2 is 2.12 bits per heavy atom. The highest BCUT2D eigenvalue weighted by atomic mass is 16.4. The van der Waals surface area contributed by atoms with E-state index in [-0.39, 0.29) is 5.82 Å². The lowest BCUT2D eigenvalue weighted by atomic mass is 10.1. The van der Waals surface area contributed by atoms with Crippen LogP contribution < -0.4 is 0 Å². The lowest BCUT2D eigenvalue weighted by Gasteiger charge is -2.05. The van der Waals surface area contributed by atoms with Crippen LogP contribution in [0.15, 0.2) is 24.5 Å². The lowest BCUT2D eigenvalue weighted by Crippen LogP contribution is -2.03.